The van der Waals surface area contributed by atoms with Crippen molar-refractivity contribution in [3.8, 4) is 0 Å². The van der Waals surface area contributed by atoms with E-state index in [1.807, 2.05) is 39.0 Å². The van der Waals surface area contributed by atoms with Gasteiger partial charge >= 0.3 is 0 Å². The van der Waals surface area contributed by atoms with Crippen LogP contribution in [0.15, 0.2) is 24.3 Å². The molecular weight excluding hydrogens is 225 g/mol. The molecule has 0 aliphatic heterocycles. The molecule has 0 aromatic heterocycles. The monoisotopic (exact) mass is 249 g/mol. The highest BCUT2D eigenvalue weighted by Crippen LogP contribution is 2.44. The summed E-state index contributed by atoms with van der Waals surface area (Å²) in [4.78, 5) is 0. The number of halogens is 1. The van der Waals surface area contributed by atoms with Crippen LogP contribution in [0, 0.1) is 5.41 Å². The van der Waals surface area contributed by atoms with Gasteiger partial charge in [0.15, 0.2) is 5.67 Å². The molecule has 1 fully saturated rings. The summed E-state index contributed by atoms with van der Waals surface area (Å²) in [6.07, 6.45) is 3.77. The second-order valence-electron chi connectivity index (χ2n) is 6.51. The molecule has 1 unspecified atom stereocenters. The van der Waals surface area contributed by atoms with Gasteiger partial charge in [0.2, 0.25) is 0 Å². The van der Waals surface area contributed by atoms with E-state index in [1.165, 1.54) is 24.8 Å². The van der Waals surface area contributed by atoms with E-state index in [1.54, 1.807) is 0 Å². The molecule has 2 heteroatoms. The average molecular weight is 249 g/mol. The zero-order chi connectivity index (χ0) is 13.4. The van der Waals surface area contributed by atoms with E-state index in [-0.39, 0.29) is 6.54 Å². The Morgan fingerprint density at radius 1 is 1.28 bits per heavy atom. The van der Waals surface area contributed by atoms with Gasteiger partial charge in [0, 0.05) is 12.0 Å². The molecule has 2 rings (SSSR count). The van der Waals surface area contributed by atoms with Crippen molar-refractivity contribution >= 4 is 0 Å². The average Bonchev–Trinajstić information content (AvgIpc) is 2.24. The lowest BCUT2D eigenvalue weighted by Gasteiger charge is -2.38. The Morgan fingerprint density at radius 2 is 1.94 bits per heavy atom. The van der Waals surface area contributed by atoms with Crippen LogP contribution in [0.25, 0.3) is 0 Å². The van der Waals surface area contributed by atoms with E-state index in [0.29, 0.717) is 5.92 Å². The van der Waals surface area contributed by atoms with Gasteiger partial charge in [-0.05, 0) is 29.9 Å². The van der Waals surface area contributed by atoms with E-state index in [0.717, 1.165) is 5.56 Å². The van der Waals surface area contributed by atoms with Crippen LogP contribution in [0.3, 0.4) is 0 Å². The van der Waals surface area contributed by atoms with Crippen LogP contribution >= 0.6 is 0 Å². The molecule has 0 amide bonds. The predicted molar refractivity (Wildman–Crippen MR) is 74.3 cm³/mol. The fraction of sp³-hybridized carbons (Fsp3) is 0.625. The highest BCUT2D eigenvalue weighted by atomic mass is 19.1. The van der Waals surface area contributed by atoms with Gasteiger partial charge in [0.05, 0.1) is 0 Å². The highest BCUT2D eigenvalue weighted by molar-refractivity contribution is 5.33. The van der Waals surface area contributed by atoms with Crippen LogP contribution in [0.5, 0.6) is 0 Å². The number of alkyl halides is 1. The largest absolute Gasteiger partial charge is 0.327 e. The lowest BCUT2D eigenvalue weighted by molar-refractivity contribution is 0.0342. The Hall–Kier alpha value is -0.890. The fourth-order valence-corrected chi connectivity index (χ4v) is 2.64. The molecule has 1 nitrogen and oxygen atoms in total. The Balaban J connectivity index is 2.36. The molecule has 2 N–H and O–H groups in total. The summed E-state index contributed by atoms with van der Waals surface area (Å²) in [5.74, 6) is 0.631. The van der Waals surface area contributed by atoms with Gasteiger partial charge in [-0.3, -0.25) is 0 Å². The number of benzene rings is 1. The van der Waals surface area contributed by atoms with Gasteiger partial charge in [-0.1, -0.05) is 51.5 Å². The molecule has 1 aromatic carbocycles. The van der Waals surface area contributed by atoms with Gasteiger partial charge in [0.1, 0.15) is 0 Å². The zero-order valence-electron chi connectivity index (χ0n) is 11.7. The second kappa shape index (κ2) is 4.65. The van der Waals surface area contributed by atoms with Crippen molar-refractivity contribution in [2.24, 2.45) is 11.1 Å². The van der Waals surface area contributed by atoms with Crippen LogP contribution < -0.4 is 5.73 Å². The Bertz CT molecular complexity index is 417. The van der Waals surface area contributed by atoms with E-state index >= 15 is 4.39 Å². The summed E-state index contributed by atoms with van der Waals surface area (Å²) >= 11 is 0. The lowest BCUT2D eigenvalue weighted by atomic mass is 9.72. The van der Waals surface area contributed by atoms with Crippen molar-refractivity contribution in [3.05, 3.63) is 35.4 Å². The maximum absolute atomic E-state index is 15.2. The normalized spacial score (nSPS) is 20.3. The Morgan fingerprint density at radius 3 is 2.39 bits per heavy atom. The molecule has 1 atom stereocenters. The summed E-state index contributed by atoms with van der Waals surface area (Å²) < 4.78 is 15.2. The van der Waals surface area contributed by atoms with E-state index < -0.39 is 11.1 Å². The zero-order valence-corrected chi connectivity index (χ0v) is 11.7. The van der Waals surface area contributed by atoms with Gasteiger partial charge in [-0.25, -0.2) is 4.39 Å². The van der Waals surface area contributed by atoms with Gasteiger partial charge in [0.25, 0.3) is 0 Å². The minimum absolute atomic E-state index is 0.0324. The molecule has 1 aromatic rings. The topological polar surface area (TPSA) is 26.0 Å². The van der Waals surface area contributed by atoms with Gasteiger partial charge in [-0.15, -0.1) is 0 Å². The Labute approximate surface area is 110 Å². The third-order valence-corrected chi connectivity index (χ3v) is 4.39. The predicted octanol–water partition coefficient (Wildman–Crippen LogP) is 4.12. The number of hydrogen-bond donors (Lipinski definition) is 1. The molecule has 1 aliphatic carbocycles. The number of nitrogens with two attached hydrogens (primary N) is 1. The summed E-state index contributed by atoms with van der Waals surface area (Å²) in [5, 5.41) is 0. The summed E-state index contributed by atoms with van der Waals surface area (Å²) in [6.45, 7) is 5.77. The van der Waals surface area contributed by atoms with Crippen molar-refractivity contribution in [2.45, 2.75) is 51.6 Å². The molecule has 0 bridgehead atoms. The first-order valence-electron chi connectivity index (χ1n) is 6.88. The van der Waals surface area contributed by atoms with E-state index in [9.17, 15) is 0 Å². The lowest BCUT2D eigenvalue weighted by Crippen LogP contribution is -2.42. The molecule has 100 valence electrons. The first-order valence-corrected chi connectivity index (χ1v) is 6.88. The number of hydrogen-bond acceptors (Lipinski definition) is 1. The van der Waals surface area contributed by atoms with Gasteiger partial charge in [-0.2, -0.15) is 0 Å². The van der Waals surface area contributed by atoms with Crippen LogP contribution in [0.2, 0.25) is 0 Å². The maximum Gasteiger partial charge on any atom is 0.152 e. The third kappa shape index (κ3) is 2.18. The molecule has 0 heterocycles. The molecular formula is C16H24FN. The van der Waals surface area contributed by atoms with Crippen molar-refractivity contribution < 1.29 is 4.39 Å². The summed E-state index contributed by atoms with van der Waals surface area (Å²) in [5.41, 5.74) is 5.80. The quantitative estimate of drug-likeness (QED) is 0.856. The van der Waals surface area contributed by atoms with E-state index in [2.05, 4.69) is 6.07 Å². The van der Waals surface area contributed by atoms with Crippen LogP contribution in [-0.2, 0) is 5.67 Å². The SMILES string of the molecule is CC(C)(C)C(F)(CN)c1cccc(C2CCC2)c1. The third-order valence-electron chi connectivity index (χ3n) is 4.39. The minimum atomic E-state index is -1.45. The van der Waals surface area contributed by atoms with Crippen LogP contribution in [-0.4, -0.2) is 6.54 Å². The van der Waals surface area contributed by atoms with Gasteiger partial charge < -0.3 is 5.73 Å². The highest BCUT2D eigenvalue weighted by Gasteiger charge is 2.43. The van der Waals surface area contributed by atoms with Crippen molar-refractivity contribution in [2.75, 3.05) is 6.54 Å². The van der Waals surface area contributed by atoms with Crippen molar-refractivity contribution in [3.63, 3.8) is 0 Å². The Kier molecular flexibility index (Phi) is 3.50. The first-order chi connectivity index (χ1) is 8.38. The molecule has 18 heavy (non-hydrogen) atoms. The second-order valence-corrected chi connectivity index (χ2v) is 6.51. The minimum Gasteiger partial charge on any atom is -0.327 e. The van der Waals surface area contributed by atoms with Crippen LogP contribution in [0.4, 0.5) is 4.39 Å². The number of rotatable bonds is 3. The maximum atomic E-state index is 15.2. The molecule has 0 saturated heterocycles. The molecule has 0 radical (unpaired) electrons. The summed E-state index contributed by atoms with van der Waals surface area (Å²) in [6, 6.07) is 7.99. The first kappa shape index (κ1) is 13.5. The van der Waals surface area contributed by atoms with E-state index in [4.69, 9.17) is 5.73 Å². The standard InChI is InChI=1S/C16H24FN/c1-15(2,3)16(17,11-18)14-9-5-8-13(10-14)12-6-4-7-12/h5,8-10,12H,4,6-7,11,18H2,1-3H3. The van der Waals surface area contributed by atoms with Crippen molar-refractivity contribution in [1.29, 1.82) is 0 Å². The fourth-order valence-electron chi connectivity index (χ4n) is 2.64. The summed E-state index contributed by atoms with van der Waals surface area (Å²) in [7, 11) is 0. The van der Waals surface area contributed by atoms with Crippen molar-refractivity contribution in [1.82, 2.24) is 0 Å². The molecule has 1 saturated carbocycles. The molecule has 0 spiro atoms. The van der Waals surface area contributed by atoms with Crippen LogP contribution in [0.1, 0.15) is 57.1 Å². The smallest absolute Gasteiger partial charge is 0.152 e. The molecule has 1 aliphatic rings.